The Labute approximate surface area is 106 Å². The predicted molar refractivity (Wildman–Crippen MR) is 78.5 cm³/mol. The summed E-state index contributed by atoms with van der Waals surface area (Å²) in [6.07, 6.45) is 1.53. The van der Waals surface area contributed by atoms with Crippen molar-refractivity contribution in [2.45, 2.75) is 0 Å². The molecule has 0 amide bonds. The molecule has 1 heterocycles. The van der Waals surface area contributed by atoms with Crippen molar-refractivity contribution in [1.82, 2.24) is 5.32 Å². The molecule has 1 aromatic rings. The quantitative estimate of drug-likeness (QED) is 0.835. The Morgan fingerprint density at radius 2 is 1.94 bits per heavy atom. The molecule has 96 valence electrons. The third-order valence-corrected chi connectivity index (χ3v) is 5.93. The van der Waals surface area contributed by atoms with E-state index in [2.05, 4.69) is 14.6 Å². The van der Waals surface area contributed by atoms with Gasteiger partial charge in [0.2, 0.25) is 0 Å². The second kappa shape index (κ2) is 7.16. The highest BCUT2D eigenvalue weighted by molar-refractivity contribution is 7.71. The molecule has 0 saturated carbocycles. The smallest absolute Gasteiger partial charge is 0.119 e. The lowest BCUT2D eigenvalue weighted by atomic mass is 10.3. The Morgan fingerprint density at radius 1 is 1.29 bits per heavy atom. The molecule has 3 nitrogen and oxygen atoms in total. The highest BCUT2D eigenvalue weighted by Gasteiger charge is 2.26. The molecular formula is C12H21NO2P2. The molecule has 17 heavy (non-hydrogen) atoms. The van der Waals surface area contributed by atoms with E-state index in [1.165, 1.54) is 0 Å². The van der Waals surface area contributed by atoms with Gasteiger partial charge in [-0.15, -0.1) is 9.24 Å². The van der Waals surface area contributed by atoms with E-state index in [0.29, 0.717) is 0 Å². The molecule has 0 aromatic heterocycles. The van der Waals surface area contributed by atoms with Gasteiger partial charge in [-0.25, -0.2) is 0 Å². The molecule has 1 fully saturated rings. The number of nitrogens with one attached hydrogen (secondary N) is 1. The number of ether oxygens (including phenoxy) is 1. The average Bonchev–Trinajstić information content (AvgIpc) is 2.42. The first-order valence-electron chi connectivity index (χ1n) is 5.76. The first-order valence-corrected chi connectivity index (χ1v) is 8.99. The fourth-order valence-corrected chi connectivity index (χ4v) is 4.38. The van der Waals surface area contributed by atoms with Crippen molar-refractivity contribution in [3.05, 3.63) is 24.3 Å². The van der Waals surface area contributed by atoms with Gasteiger partial charge in [-0.3, -0.25) is 0 Å². The molecule has 1 unspecified atom stereocenters. The summed E-state index contributed by atoms with van der Waals surface area (Å²) in [5, 5.41) is 4.20. The minimum atomic E-state index is -2.15. The van der Waals surface area contributed by atoms with E-state index in [1.807, 2.05) is 30.9 Å². The molecular weight excluding hydrogens is 252 g/mol. The van der Waals surface area contributed by atoms with Gasteiger partial charge in [0.05, 0.1) is 7.11 Å². The second-order valence-electron chi connectivity index (χ2n) is 3.79. The molecule has 1 aliphatic heterocycles. The van der Waals surface area contributed by atoms with Gasteiger partial charge >= 0.3 is 0 Å². The zero-order valence-electron chi connectivity index (χ0n) is 10.5. The van der Waals surface area contributed by atoms with Crippen LogP contribution in [0.1, 0.15) is 0 Å². The number of hydrogen-bond donors (Lipinski definition) is 1. The molecule has 0 radical (unpaired) electrons. The van der Waals surface area contributed by atoms with Crippen LogP contribution in [-0.2, 0) is 4.57 Å². The molecule has 0 spiro atoms. The van der Waals surface area contributed by atoms with E-state index in [4.69, 9.17) is 4.74 Å². The van der Waals surface area contributed by atoms with Gasteiger partial charge in [-0.2, -0.15) is 0 Å². The van der Waals surface area contributed by atoms with E-state index in [0.717, 1.165) is 36.5 Å². The summed E-state index contributed by atoms with van der Waals surface area (Å²) in [6.45, 7) is 3.63. The summed E-state index contributed by atoms with van der Waals surface area (Å²) < 4.78 is 17.8. The summed E-state index contributed by atoms with van der Waals surface area (Å²) in [5.74, 6) is 0.793. The molecule has 0 aliphatic carbocycles. The Morgan fingerprint density at radius 3 is 2.53 bits per heavy atom. The highest BCUT2D eigenvalue weighted by atomic mass is 31.2. The predicted octanol–water partition coefficient (Wildman–Crippen LogP) is 1.78. The molecule has 0 bridgehead atoms. The van der Waals surface area contributed by atoms with E-state index in [1.54, 1.807) is 7.11 Å². The summed E-state index contributed by atoms with van der Waals surface area (Å²) in [6, 6.07) is 7.66. The van der Waals surface area contributed by atoms with Crippen LogP contribution in [0.4, 0.5) is 0 Å². The van der Waals surface area contributed by atoms with Gasteiger partial charge < -0.3 is 14.6 Å². The maximum absolute atomic E-state index is 12.6. The lowest BCUT2D eigenvalue weighted by Crippen LogP contribution is -2.32. The van der Waals surface area contributed by atoms with Crippen molar-refractivity contribution in [3.8, 4) is 5.75 Å². The van der Waals surface area contributed by atoms with E-state index in [9.17, 15) is 4.57 Å². The fraction of sp³-hybridized carbons (Fsp3) is 0.500. The monoisotopic (exact) mass is 273 g/mol. The van der Waals surface area contributed by atoms with Gasteiger partial charge in [0, 0.05) is 30.7 Å². The second-order valence-corrected chi connectivity index (χ2v) is 6.98. The number of methoxy groups -OCH3 is 1. The normalized spacial score (nSPS) is 17.8. The van der Waals surface area contributed by atoms with E-state index >= 15 is 0 Å². The maximum atomic E-state index is 12.6. The lowest BCUT2D eigenvalue weighted by Gasteiger charge is -2.24. The van der Waals surface area contributed by atoms with Gasteiger partial charge in [0.25, 0.3) is 0 Å². The molecule has 1 atom stereocenters. The SMILES string of the molecule is COc1cccc(P2(=O)CCNCC2)c1.CP. The molecule has 5 heteroatoms. The van der Waals surface area contributed by atoms with Gasteiger partial charge in [0.1, 0.15) is 12.9 Å². The van der Waals surface area contributed by atoms with Crippen LogP contribution in [0.3, 0.4) is 0 Å². The summed E-state index contributed by atoms with van der Waals surface area (Å²) in [5.41, 5.74) is 0. The lowest BCUT2D eigenvalue weighted by molar-refractivity contribution is 0.415. The Bertz CT molecular complexity index is 386. The largest absolute Gasteiger partial charge is 0.497 e. The van der Waals surface area contributed by atoms with Crippen LogP contribution in [0, 0.1) is 0 Å². The first kappa shape index (κ1) is 14.7. The summed E-state index contributed by atoms with van der Waals surface area (Å²) in [7, 11) is 1.90. The van der Waals surface area contributed by atoms with Crippen LogP contribution in [-0.4, -0.2) is 39.2 Å². The molecule has 1 aliphatic rings. The molecule has 1 N–H and O–H groups in total. The zero-order valence-corrected chi connectivity index (χ0v) is 12.5. The van der Waals surface area contributed by atoms with E-state index in [-0.39, 0.29) is 0 Å². The standard InChI is InChI=1S/C11H16NO2P.CH5P/c1-14-10-3-2-4-11(9-10)15(13)7-5-12-6-8-15;1-2/h2-4,9,12H,5-8H2,1H3;2H2,1H3. The van der Waals surface area contributed by atoms with Crippen LogP contribution in [0.25, 0.3) is 0 Å². The molecule has 1 saturated heterocycles. The van der Waals surface area contributed by atoms with Crippen molar-refractivity contribution in [2.24, 2.45) is 0 Å². The third-order valence-electron chi connectivity index (χ3n) is 2.82. The van der Waals surface area contributed by atoms with Gasteiger partial charge in [-0.05, 0) is 12.1 Å². The number of benzene rings is 1. The minimum absolute atomic E-state index is 0.764. The Balaban J connectivity index is 0.000000686. The first-order chi connectivity index (χ1) is 8.24. The van der Waals surface area contributed by atoms with Crippen molar-refractivity contribution >= 4 is 21.7 Å². The highest BCUT2D eigenvalue weighted by Crippen LogP contribution is 2.45. The van der Waals surface area contributed by atoms with Gasteiger partial charge in [-0.1, -0.05) is 18.8 Å². The van der Waals surface area contributed by atoms with Crippen molar-refractivity contribution in [3.63, 3.8) is 0 Å². The minimum Gasteiger partial charge on any atom is -0.497 e. The van der Waals surface area contributed by atoms with Crippen LogP contribution in [0.2, 0.25) is 0 Å². The Hall–Kier alpha value is -0.360. The summed E-state index contributed by atoms with van der Waals surface area (Å²) in [4.78, 5) is 0. The van der Waals surface area contributed by atoms with Crippen molar-refractivity contribution < 1.29 is 9.30 Å². The fourth-order valence-electron chi connectivity index (χ4n) is 1.88. The summed E-state index contributed by atoms with van der Waals surface area (Å²) >= 11 is 0. The topological polar surface area (TPSA) is 38.3 Å². The zero-order chi connectivity index (χ0) is 12.7. The van der Waals surface area contributed by atoms with Crippen LogP contribution < -0.4 is 15.4 Å². The molecule has 2 rings (SSSR count). The van der Waals surface area contributed by atoms with Crippen molar-refractivity contribution in [2.75, 3.05) is 39.2 Å². The Kier molecular flexibility index (Phi) is 6.19. The van der Waals surface area contributed by atoms with E-state index < -0.39 is 7.14 Å². The number of hydrogen-bond acceptors (Lipinski definition) is 3. The third kappa shape index (κ3) is 3.81. The van der Waals surface area contributed by atoms with Crippen LogP contribution in [0.15, 0.2) is 24.3 Å². The maximum Gasteiger partial charge on any atom is 0.119 e. The van der Waals surface area contributed by atoms with Gasteiger partial charge in [0.15, 0.2) is 0 Å². The van der Waals surface area contributed by atoms with Crippen LogP contribution in [0.5, 0.6) is 5.75 Å². The van der Waals surface area contributed by atoms with Crippen LogP contribution >= 0.6 is 16.4 Å². The van der Waals surface area contributed by atoms with Crippen molar-refractivity contribution in [1.29, 1.82) is 0 Å². The number of rotatable bonds is 2. The average molecular weight is 273 g/mol. The molecule has 1 aromatic carbocycles.